The second-order valence-electron chi connectivity index (χ2n) is 13.2. The normalized spacial score (nSPS) is 18.8. The molecule has 286 valence electrons. The number of rotatable bonds is 17. The molecule has 0 aliphatic carbocycles. The molecule has 16 N–H and O–H groups in total. The summed E-state index contributed by atoms with van der Waals surface area (Å²) in [6.45, 7) is 1.04. The lowest BCUT2D eigenvalue weighted by Crippen LogP contribution is -2.57. The molecular weight excluding hydrogens is 668 g/mol. The van der Waals surface area contributed by atoms with Gasteiger partial charge in [-0.2, -0.15) is 0 Å². The quantitative estimate of drug-likeness (QED) is 0.0802. The number of phenols is 1. The van der Waals surface area contributed by atoms with Crippen LogP contribution in [-0.4, -0.2) is 97.6 Å². The minimum Gasteiger partial charge on any atom is -0.508 e. The SMILES string of the molecule is NCCCC[C@H](N)CNC(=O)[C@@H](N)CCCNC(=O)CNC(=O)[C@@H]1Cc2cccc(c2)-c2ccc(O)c(c2)C[C@H](N)C(=O)N[C@@H](CCCN)C(=O)N1. The van der Waals surface area contributed by atoms with Gasteiger partial charge in [-0.05, 0) is 86.0 Å². The lowest BCUT2D eigenvalue weighted by molar-refractivity contribution is -0.133. The summed E-state index contributed by atoms with van der Waals surface area (Å²) in [5.74, 6) is -2.61. The van der Waals surface area contributed by atoms with Crippen molar-refractivity contribution in [1.29, 1.82) is 0 Å². The largest absolute Gasteiger partial charge is 0.508 e. The van der Waals surface area contributed by atoms with Crippen LogP contribution in [0.4, 0.5) is 0 Å². The summed E-state index contributed by atoms with van der Waals surface area (Å²) in [6, 6.07) is 8.23. The number of nitrogens with two attached hydrogens (primary N) is 5. The maximum absolute atomic E-state index is 13.5. The predicted molar refractivity (Wildman–Crippen MR) is 198 cm³/mol. The standard InChI is InChI=1S/C36H56N10O6/c37-13-2-1-8-26(39)20-43-33(49)27(40)9-5-15-42-32(48)21-44-35(51)30-17-22-6-3-7-23(16-22)24-11-12-31(47)25(18-24)19-28(41)34(50)45-29(10-4-14-38)36(52)46-30/h3,6-7,11-12,16,18,26-30,47H,1-2,4-5,8-10,13-15,17,19-21,37-41H2,(H,42,48)(H,43,49)(H,44,51)(H,45,50)(H,46,52)/t26-,27-,28-,29-,30-/m0/s1. The maximum atomic E-state index is 13.5. The second-order valence-corrected chi connectivity index (χ2v) is 13.2. The fraction of sp³-hybridized carbons (Fsp3) is 0.528. The molecular formula is C36H56N10O6. The first-order valence-corrected chi connectivity index (χ1v) is 17.9. The molecule has 16 heteroatoms. The van der Waals surface area contributed by atoms with Gasteiger partial charge in [0.2, 0.25) is 29.5 Å². The molecule has 2 aromatic carbocycles. The molecule has 0 fully saturated rings. The number of phenolic OH excluding ortho intramolecular Hbond substituents is 1. The number of hydrogen-bond donors (Lipinski definition) is 11. The van der Waals surface area contributed by atoms with Crippen molar-refractivity contribution in [1.82, 2.24) is 26.6 Å². The van der Waals surface area contributed by atoms with Crippen LogP contribution in [-0.2, 0) is 36.8 Å². The van der Waals surface area contributed by atoms with E-state index in [0.717, 1.165) is 36.0 Å². The van der Waals surface area contributed by atoms with Gasteiger partial charge < -0.3 is 60.4 Å². The highest BCUT2D eigenvalue weighted by molar-refractivity contribution is 5.94. The van der Waals surface area contributed by atoms with Crippen LogP contribution in [0.3, 0.4) is 0 Å². The van der Waals surface area contributed by atoms with Crippen LogP contribution in [0.15, 0.2) is 42.5 Å². The van der Waals surface area contributed by atoms with E-state index in [1.54, 1.807) is 12.1 Å². The van der Waals surface area contributed by atoms with Crippen LogP contribution < -0.4 is 55.3 Å². The van der Waals surface area contributed by atoms with Gasteiger partial charge >= 0.3 is 0 Å². The summed E-state index contributed by atoms with van der Waals surface area (Å²) in [5.41, 5.74) is 32.2. The summed E-state index contributed by atoms with van der Waals surface area (Å²) in [6.07, 6.45) is 3.97. The predicted octanol–water partition coefficient (Wildman–Crippen LogP) is -1.89. The molecule has 2 aromatic rings. The third-order valence-corrected chi connectivity index (χ3v) is 8.86. The van der Waals surface area contributed by atoms with E-state index >= 15 is 0 Å². The number of benzene rings is 2. The van der Waals surface area contributed by atoms with Crippen molar-refractivity contribution in [2.45, 2.75) is 88.0 Å². The topological polar surface area (TPSA) is 296 Å². The Bertz CT molecular complexity index is 1510. The van der Waals surface area contributed by atoms with Gasteiger partial charge in [0.15, 0.2) is 0 Å². The van der Waals surface area contributed by atoms with Gasteiger partial charge in [-0.3, -0.25) is 24.0 Å². The van der Waals surface area contributed by atoms with Gasteiger partial charge in [0.1, 0.15) is 17.8 Å². The van der Waals surface area contributed by atoms with Gasteiger partial charge in [0.25, 0.3) is 0 Å². The number of aromatic hydroxyl groups is 1. The highest BCUT2D eigenvalue weighted by Crippen LogP contribution is 2.28. The third kappa shape index (κ3) is 13.8. The Morgan fingerprint density at radius 1 is 0.846 bits per heavy atom. The summed E-state index contributed by atoms with van der Waals surface area (Å²) >= 11 is 0. The van der Waals surface area contributed by atoms with E-state index in [9.17, 15) is 29.1 Å². The van der Waals surface area contributed by atoms with Gasteiger partial charge in [-0.15, -0.1) is 0 Å². The van der Waals surface area contributed by atoms with Gasteiger partial charge in [-0.25, -0.2) is 0 Å². The molecule has 3 rings (SSSR count). The van der Waals surface area contributed by atoms with Crippen molar-refractivity contribution in [3.8, 4) is 16.9 Å². The summed E-state index contributed by atoms with van der Waals surface area (Å²) in [5, 5.41) is 24.0. The zero-order chi connectivity index (χ0) is 38.0. The van der Waals surface area contributed by atoms with Crippen LogP contribution >= 0.6 is 0 Å². The molecule has 16 nitrogen and oxygen atoms in total. The van der Waals surface area contributed by atoms with Crippen molar-refractivity contribution < 1.29 is 29.1 Å². The smallest absolute Gasteiger partial charge is 0.243 e. The fourth-order valence-corrected chi connectivity index (χ4v) is 5.77. The molecule has 1 aliphatic rings. The molecule has 0 radical (unpaired) electrons. The number of unbranched alkanes of at least 4 members (excludes halogenated alkanes) is 1. The molecule has 0 saturated heterocycles. The van der Waals surface area contributed by atoms with E-state index in [1.807, 2.05) is 24.3 Å². The lowest BCUT2D eigenvalue weighted by Gasteiger charge is -2.24. The number of hydrogen-bond acceptors (Lipinski definition) is 11. The Hall–Kier alpha value is -4.61. The van der Waals surface area contributed by atoms with Crippen LogP contribution in [0.25, 0.3) is 11.1 Å². The highest BCUT2D eigenvalue weighted by Gasteiger charge is 2.29. The Labute approximate surface area is 304 Å². The molecule has 1 aliphatic heterocycles. The highest BCUT2D eigenvalue weighted by atomic mass is 16.3. The van der Waals surface area contributed by atoms with E-state index in [2.05, 4.69) is 26.6 Å². The molecule has 1 heterocycles. The summed E-state index contributed by atoms with van der Waals surface area (Å²) in [7, 11) is 0. The average Bonchev–Trinajstić information content (AvgIpc) is 3.13. The molecule has 4 bridgehead atoms. The molecule has 52 heavy (non-hydrogen) atoms. The molecule has 0 spiro atoms. The first-order valence-electron chi connectivity index (χ1n) is 17.9. The van der Waals surface area contributed by atoms with Crippen molar-refractivity contribution in [3.63, 3.8) is 0 Å². The Kier molecular flexibility index (Phi) is 17.4. The number of fused-ring (bicyclic) bond motifs is 5. The van der Waals surface area contributed by atoms with Crippen molar-refractivity contribution in [3.05, 3.63) is 53.6 Å². The Morgan fingerprint density at radius 3 is 2.35 bits per heavy atom. The Morgan fingerprint density at radius 2 is 1.60 bits per heavy atom. The molecule has 0 aromatic heterocycles. The van der Waals surface area contributed by atoms with Crippen molar-refractivity contribution >= 4 is 29.5 Å². The van der Waals surface area contributed by atoms with E-state index in [1.165, 1.54) is 6.07 Å². The fourth-order valence-electron chi connectivity index (χ4n) is 5.77. The first-order chi connectivity index (χ1) is 24.9. The minimum atomic E-state index is -1.10. The zero-order valence-electron chi connectivity index (χ0n) is 29.7. The number of nitrogens with one attached hydrogen (secondary N) is 5. The summed E-state index contributed by atoms with van der Waals surface area (Å²) in [4.78, 5) is 65.1. The van der Waals surface area contributed by atoms with Crippen molar-refractivity contribution in [2.75, 3.05) is 32.7 Å². The van der Waals surface area contributed by atoms with E-state index < -0.39 is 47.8 Å². The van der Waals surface area contributed by atoms with Gasteiger partial charge in [-0.1, -0.05) is 36.8 Å². The third-order valence-electron chi connectivity index (χ3n) is 8.86. The number of carbonyl (C=O) groups excluding carboxylic acids is 5. The lowest BCUT2D eigenvalue weighted by atomic mass is 9.96. The van der Waals surface area contributed by atoms with Crippen LogP contribution in [0.2, 0.25) is 0 Å². The first kappa shape index (κ1) is 41.8. The number of carbonyl (C=O) groups is 5. The zero-order valence-corrected chi connectivity index (χ0v) is 29.7. The van der Waals surface area contributed by atoms with E-state index in [0.29, 0.717) is 37.9 Å². The average molecular weight is 725 g/mol. The monoisotopic (exact) mass is 724 g/mol. The van der Waals surface area contributed by atoms with Crippen LogP contribution in [0, 0.1) is 0 Å². The second kappa shape index (κ2) is 21.7. The Balaban J connectivity index is 1.63. The molecule has 0 unspecified atom stereocenters. The summed E-state index contributed by atoms with van der Waals surface area (Å²) < 4.78 is 0. The van der Waals surface area contributed by atoms with E-state index in [-0.39, 0.29) is 56.6 Å². The molecule has 5 atom stereocenters. The molecule has 5 amide bonds. The maximum Gasteiger partial charge on any atom is 0.243 e. The van der Waals surface area contributed by atoms with Gasteiger partial charge in [0.05, 0.1) is 18.6 Å². The van der Waals surface area contributed by atoms with Gasteiger partial charge in [0, 0.05) is 32.0 Å². The number of amides is 5. The minimum absolute atomic E-state index is 0.0110. The van der Waals surface area contributed by atoms with E-state index in [4.69, 9.17) is 28.7 Å². The van der Waals surface area contributed by atoms with Crippen molar-refractivity contribution in [2.24, 2.45) is 28.7 Å². The van der Waals surface area contributed by atoms with Crippen LogP contribution in [0.1, 0.15) is 56.1 Å². The van der Waals surface area contributed by atoms with Crippen LogP contribution in [0.5, 0.6) is 5.75 Å². The molecule has 0 saturated carbocycles.